The standard InChI is InChI=1S/C32H23N3O2.C3H6.C2H6/c1-19(2)20-7-9-28-24(13-20)23-5-3-4-6-27(23)35(28)22-8-10-29-26(15-22)33-18-34(29)30-17-37-32-14-21-11-12-36-31(21)16-25(30)32;1-3-2;1-2/h3-19H,1-2H3;3H,1H2,2H3;1-2H3. The molecule has 0 N–H and O–H groups in total. The number of aromatic nitrogens is 3. The fourth-order valence-corrected chi connectivity index (χ4v) is 5.62. The lowest BCUT2D eigenvalue weighted by atomic mass is 10.0. The molecule has 0 aliphatic rings. The molecule has 210 valence electrons. The molecule has 0 unspecified atom stereocenters. The first-order valence-corrected chi connectivity index (χ1v) is 14.5. The quantitative estimate of drug-likeness (QED) is 0.204. The highest BCUT2D eigenvalue weighted by atomic mass is 16.3. The Labute approximate surface area is 245 Å². The first kappa shape index (κ1) is 27.2. The maximum Gasteiger partial charge on any atom is 0.136 e. The van der Waals surface area contributed by atoms with Gasteiger partial charge >= 0.3 is 0 Å². The Bertz CT molecular complexity index is 2190. The summed E-state index contributed by atoms with van der Waals surface area (Å²) in [4.78, 5) is 4.79. The first-order chi connectivity index (χ1) is 20.6. The van der Waals surface area contributed by atoms with E-state index in [1.165, 1.54) is 27.4 Å². The van der Waals surface area contributed by atoms with Crippen molar-refractivity contribution in [1.82, 2.24) is 14.1 Å². The van der Waals surface area contributed by atoms with Crippen molar-refractivity contribution in [3.05, 3.63) is 116 Å². The number of hydrogen-bond acceptors (Lipinski definition) is 3. The summed E-state index contributed by atoms with van der Waals surface area (Å²) < 4.78 is 16.0. The molecule has 0 atom stereocenters. The third-order valence-electron chi connectivity index (χ3n) is 7.54. The number of nitrogens with zero attached hydrogens (tertiary/aromatic N) is 3. The maximum absolute atomic E-state index is 5.91. The average Bonchev–Trinajstić information content (AvgIpc) is 3.80. The van der Waals surface area contributed by atoms with E-state index in [2.05, 4.69) is 90.2 Å². The first-order valence-electron chi connectivity index (χ1n) is 14.5. The molecule has 4 aromatic heterocycles. The minimum atomic E-state index is 0.481. The summed E-state index contributed by atoms with van der Waals surface area (Å²) in [5.41, 5.74) is 9.40. The van der Waals surface area contributed by atoms with E-state index < -0.39 is 0 Å². The van der Waals surface area contributed by atoms with Gasteiger partial charge in [0.05, 0.1) is 34.0 Å². The zero-order chi connectivity index (χ0) is 29.4. The molecule has 8 rings (SSSR count). The Hall–Kier alpha value is -5.03. The lowest BCUT2D eigenvalue weighted by molar-refractivity contribution is 0.611. The van der Waals surface area contributed by atoms with Crippen LogP contribution in [-0.2, 0) is 0 Å². The summed E-state index contributed by atoms with van der Waals surface area (Å²) >= 11 is 0. The smallest absolute Gasteiger partial charge is 0.136 e. The Morgan fingerprint density at radius 3 is 2.36 bits per heavy atom. The molecule has 8 aromatic rings. The third kappa shape index (κ3) is 4.38. The number of rotatable bonds is 3. The van der Waals surface area contributed by atoms with Gasteiger partial charge in [-0.05, 0) is 73.0 Å². The van der Waals surface area contributed by atoms with Gasteiger partial charge in [0, 0.05) is 27.2 Å². The van der Waals surface area contributed by atoms with Crippen molar-refractivity contribution in [1.29, 1.82) is 0 Å². The zero-order valence-corrected chi connectivity index (χ0v) is 24.8. The van der Waals surface area contributed by atoms with Crippen molar-refractivity contribution in [2.24, 2.45) is 0 Å². The maximum atomic E-state index is 5.91. The van der Waals surface area contributed by atoms with Crippen LogP contribution in [-0.4, -0.2) is 14.1 Å². The number of benzene rings is 4. The second-order valence-corrected chi connectivity index (χ2v) is 10.4. The molecule has 5 nitrogen and oxygen atoms in total. The fourth-order valence-electron chi connectivity index (χ4n) is 5.62. The molecule has 0 radical (unpaired) electrons. The van der Waals surface area contributed by atoms with Crippen molar-refractivity contribution in [2.75, 3.05) is 0 Å². The van der Waals surface area contributed by atoms with E-state index in [9.17, 15) is 0 Å². The zero-order valence-electron chi connectivity index (χ0n) is 24.8. The van der Waals surface area contributed by atoms with Crippen LogP contribution < -0.4 is 0 Å². The average molecular weight is 554 g/mol. The normalized spacial score (nSPS) is 11.3. The van der Waals surface area contributed by atoms with Gasteiger partial charge in [-0.15, -0.1) is 6.58 Å². The highest BCUT2D eigenvalue weighted by Crippen LogP contribution is 2.36. The predicted molar refractivity (Wildman–Crippen MR) is 176 cm³/mol. The molecule has 0 aliphatic heterocycles. The van der Waals surface area contributed by atoms with Crippen LogP contribution in [0, 0.1) is 0 Å². The monoisotopic (exact) mass is 553 g/mol. The molecule has 42 heavy (non-hydrogen) atoms. The van der Waals surface area contributed by atoms with Gasteiger partial charge in [0.15, 0.2) is 0 Å². The SMILES string of the molecule is C=CC.CC.CC(C)c1ccc2c(c1)c1ccccc1n2-c1ccc2c(c1)ncn2-c1coc2cc3ccoc3cc12. The van der Waals surface area contributed by atoms with E-state index in [4.69, 9.17) is 13.8 Å². The molecular weight excluding hydrogens is 518 g/mol. The summed E-state index contributed by atoms with van der Waals surface area (Å²) in [5, 5.41) is 4.57. The van der Waals surface area contributed by atoms with Crippen LogP contribution >= 0.6 is 0 Å². The highest BCUT2D eigenvalue weighted by Gasteiger charge is 2.16. The Kier molecular flexibility index (Phi) is 7.17. The van der Waals surface area contributed by atoms with E-state index in [0.717, 1.165) is 44.3 Å². The predicted octanol–water partition coefficient (Wildman–Crippen LogP) is 11.0. The van der Waals surface area contributed by atoms with E-state index in [1.54, 1.807) is 18.6 Å². The second-order valence-electron chi connectivity index (χ2n) is 10.4. The molecule has 0 bridgehead atoms. The Morgan fingerprint density at radius 1 is 0.786 bits per heavy atom. The third-order valence-corrected chi connectivity index (χ3v) is 7.54. The summed E-state index contributed by atoms with van der Waals surface area (Å²) in [5.74, 6) is 0.481. The van der Waals surface area contributed by atoms with Gasteiger partial charge in [-0.2, -0.15) is 0 Å². The van der Waals surface area contributed by atoms with Gasteiger partial charge in [-0.3, -0.25) is 4.57 Å². The topological polar surface area (TPSA) is 49.0 Å². The number of para-hydroxylation sites is 1. The molecule has 0 aliphatic carbocycles. The van der Waals surface area contributed by atoms with Crippen LogP contribution in [0.4, 0.5) is 0 Å². The summed E-state index contributed by atoms with van der Waals surface area (Å²) in [6.07, 6.45) is 7.11. The van der Waals surface area contributed by atoms with Crippen LogP contribution in [0.5, 0.6) is 0 Å². The highest BCUT2D eigenvalue weighted by molar-refractivity contribution is 6.09. The van der Waals surface area contributed by atoms with Crippen molar-refractivity contribution >= 4 is 54.8 Å². The van der Waals surface area contributed by atoms with Crippen LogP contribution in [0.1, 0.15) is 46.1 Å². The van der Waals surface area contributed by atoms with Crippen LogP contribution in [0.3, 0.4) is 0 Å². The van der Waals surface area contributed by atoms with Crippen molar-refractivity contribution < 1.29 is 8.83 Å². The van der Waals surface area contributed by atoms with Crippen LogP contribution in [0.2, 0.25) is 0 Å². The molecule has 4 aromatic carbocycles. The molecule has 4 heterocycles. The van der Waals surface area contributed by atoms with Crippen molar-refractivity contribution in [3.8, 4) is 11.4 Å². The van der Waals surface area contributed by atoms with Gasteiger partial charge in [0.2, 0.25) is 0 Å². The fraction of sp³-hybridized carbons (Fsp3) is 0.162. The van der Waals surface area contributed by atoms with Crippen LogP contribution in [0.25, 0.3) is 66.2 Å². The van der Waals surface area contributed by atoms with E-state index in [0.29, 0.717) is 5.92 Å². The van der Waals surface area contributed by atoms with Gasteiger partial charge in [-0.25, -0.2) is 4.98 Å². The largest absolute Gasteiger partial charge is 0.464 e. The number of imidazole rings is 1. The second kappa shape index (κ2) is 11.1. The summed E-state index contributed by atoms with van der Waals surface area (Å²) in [6, 6.07) is 28.0. The molecule has 0 saturated heterocycles. The Balaban J connectivity index is 0.000000596. The molecule has 0 fully saturated rings. The molecule has 0 spiro atoms. The minimum absolute atomic E-state index is 0.481. The van der Waals surface area contributed by atoms with Gasteiger partial charge < -0.3 is 13.4 Å². The van der Waals surface area contributed by atoms with Crippen LogP contribution in [0.15, 0.2) is 119 Å². The minimum Gasteiger partial charge on any atom is -0.464 e. The molecule has 0 saturated carbocycles. The lowest BCUT2D eigenvalue weighted by Crippen LogP contribution is -1.95. The van der Waals surface area contributed by atoms with Gasteiger partial charge in [-0.1, -0.05) is 58.0 Å². The summed E-state index contributed by atoms with van der Waals surface area (Å²) in [7, 11) is 0. The van der Waals surface area contributed by atoms with Crippen molar-refractivity contribution in [2.45, 2.75) is 40.5 Å². The summed E-state index contributed by atoms with van der Waals surface area (Å²) in [6.45, 7) is 13.7. The van der Waals surface area contributed by atoms with E-state index in [1.807, 2.05) is 45.3 Å². The number of fused-ring (bicyclic) bond motifs is 6. The molecule has 0 amide bonds. The number of hydrogen-bond donors (Lipinski definition) is 0. The van der Waals surface area contributed by atoms with E-state index in [-0.39, 0.29) is 0 Å². The van der Waals surface area contributed by atoms with Gasteiger partial charge in [0.25, 0.3) is 0 Å². The number of furan rings is 2. The van der Waals surface area contributed by atoms with Crippen molar-refractivity contribution in [3.63, 3.8) is 0 Å². The van der Waals surface area contributed by atoms with Gasteiger partial charge in [0.1, 0.15) is 23.8 Å². The lowest BCUT2D eigenvalue weighted by Gasteiger charge is -2.10. The Morgan fingerprint density at radius 2 is 1.55 bits per heavy atom. The van der Waals surface area contributed by atoms with E-state index >= 15 is 0 Å². The number of allylic oxidation sites excluding steroid dienone is 1. The molecular formula is C37H35N3O2. The molecule has 5 heteroatoms.